The highest BCUT2D eigenvalue weighted by molar-refractivity contribution is 8.09. The minimum absolute atomic E-state index is 1.28. The van der Waals surface area contributed by atoms with Gasteiger partial charge in [-0.3, -0.25) is 4.55 Å². The minimum atomic E-state index is -4.19. The molecule has 0 saturated heterocycles. The zero-order chi connectivity index (χ0) is 12.7. The van der Waals surface area contributed by atoms with E-state index in [1.54, 1.807) is 0 Å². The van der Waals surface area contributed by atoms with Gasteiger partial charge in [0, 0.05) is 10.7 Å². The van der Waals surface area contributed by atoms with Crippen LogP contribution in [0.5, 0.6) is 0 Å². The predicted molar refractivity (Wildman–Crippen MR) is 69.3 cm³/mol. The zero-order valence-corrected chi connectivity index (χ0v) is 10.4. The Hall–Kier alpha value is -1.36. The molecule has 0 aliphatic rings. The second kappa shape index (κ2) is 6.39. The van der Waals surface area contributed by atoms with Crippen LogP contribution in [0.4, 0.5) is 0 Å². The van der Waals surface area contributed by atoms with Gasteiger partial charge < -0.3 is 0 Å². The van der Waals surface area contributed by atoms with Crippen molar-refractivity contribution in [3.05, 3.63) is 60.7 Å². The van der Waals surface area contributed by atoms with Crippen LogP contribution in [0.15, 0.2) is 60.7 Å². The van der Waals surface area contributed by atoms with Crippen molar-refractivity contribution in [1.82, 2.24) is 0 Å². The van der Waals surface area contributed by atoms with Gasteiger partial charge in [0.2, 0.25) is 0 Å². The van der Waals surface area contributed by atoms with Crippen molar-refractivity contribution in [2.75, 3.05) is 0 Å². The maximum Gasteiger partial charge on any atom is 0.353 e. The van der Waals surface area contributed by atoms with Crippen molar-refractivity contribution in [2.24, 2.45) is 0 Å². The molecule has 0 aromatic heterocycles. The van der Waals surface area contributed by atoms with E-state index in [4.69, 9.17) is 13.0 Å². The molecular formula is C12H11ClO3S. The Balaban J connectivity index is 0.000000249. The van der Waals surface area contributed by atoms with Gasteiger partial charge in [-0.25, -0.2) is 0 Å². The quantitative estimate of drug-likeness (QED) is 0.638. The molecule has 0 saturated carbocycles. The number of halogens is 1. The summed E-state index contributed by atoms with van der Waals surface area (Å²) in [6.45, 7) is 0. The lowest BCUT2D eigenvalue weighted by Gasteiger charge is -1.98. The monoisotopic (exact) mass is 270 g/mol. The van der Waals surface area contributed by atoms with E-state index in [-0.39, 0.29) is 0 Å². The van der Waals surface area contributed by atoms with Gasteiger partial charge in [-0.2, -0.15) is 8.42 Å². The van der Waals surface area contributed by atoms with Crippen LogP contribution in [0.25, 0.3) is 11.1 Å². The fourth-order valence-corrected chi connectivity index (χ4v) is 1.26. The molecule has 1 N–H and O–H groups in total. The van der Waals surface area contributed by atoms with Gasteiger partial charge in [0.1, 0.15) is 0 Å². The van der Waals surface area contributed by atoms with E-state index in [1.165, 1.54) is 11.1 Å². The van der Waals surface area contributed by atoms with Crippen LogP contribution in [0.2, 0.25) is 0 Å². The molecule has 2 aromatic carbocycles. The molecule has 0 unspecified atom stereocenters. The highest BCUT2D eigenvalue weighted by Crippen LogP contribution is 2.17. The molecule has 3 nitrogen and oxygen atoms in total. The van der Waals surface area contributed by atoms with E-state index in [2.05, 4.69) is 59.2 Å². The van der Waals surface area contributed by atoms with Gasteiger partial charge >= 0.3 is 9.33 Å². The lowest BCUT2D eigenvalue weighted by atomic mass is 10.1. The summed E-state index contributed by atoms with van der Waals surface area (Å²) in [6, 6.07) is 20.8. The third-order valence-electron chi connectivity index (χ3n) is 1.88. The molecule has 0 spiro atoms. The molecule has 17 heavy (non-hydrogen) atoms. The van der Waals surface area contributed by atoms with Crippen LogP contribution >= 0.6 is 10.7 Å². The molecule has 5 heteroatoms. The molecule has 0 aliphatic heterocycles. The number of rotatable bonds is 1. The van der Waals surface area contributed by atoms with Crippen LogP contribution in [-0.4, -0.2) is 13.0 Å². The highest BCUT2D eigenvalue weighted by atomic mass is 35.7. The van der Waals surface area contributed by atoms with Gasteiger partial charge in [-0.05, 0) is 11.1 Å². The first-order chi connectivity index (χ1) is 7.97. The first kappa shape index (κ1) is 13.7. The molecule has 90 valence electrons. The topological polar surface area (TPSA) is 54.4 Å². The van der Waals surface area contributed by atoms with Crippen molar-refractivity contribution >= 4 is 20.0 Å². The van der Waals surface area contributed by atoms with Gasteiger partial charge in [0.05, 0.1) is 0 Å². The third kappa shape index (κ3) is 6.73. The fraction of sp³-hybridized carbons (Fsp3) is 0. The summed E-state index contributed by atoms with van der Waals surface area (Å²) in [4.78, 5) is 0. The van der Waals surface area contributed by atoms with Crippen LogP contribution in [0.1, 0.15) is 0 Å². The normalized spacial score (nSPS) is 10.2. The smallest absolute Gasteiger partial charge is 0.273 e. The summed E-state index contributed by atoms with van der Waals surface area (Å²) in [5.74, 6) is 0. The summed E-state index contributed by atoms with van der Waals surface area (Å²) in [5.41, 5.74) is 2.55. The molecule has 0 fully saturated rings. The number of hydrogen-bond acceptors (Lipinski definition) is 2. The average molecular weight is 271 g/mol. The Bertz CT molecular complexity index is 493. The standard InChI is InChI=1S/C12H10.ClHO3S/c1-3-7-11(8-4-1)12-9-5-2-6-10-12;1-5(2,3)4/h1-10H;(H,2,3,4). The van der Waals surface area contributed by atoms with E-state index in [0.29, 0.717) is 0 Å². The Kier molecular flexibility index (Phi) is 5.15. The minimum Gasteiger partial charge on any atom is -0.273 e. The highest BCUT2D eigenvalue weighted by Gasteiger charge is 1.91. The Labute approximate surface area is 105 Å². The van der Waals surface area contributed by atoms with Crippen LogP contribution in [0.3, 0.4) is 0 Å². The zero-order valence-electron chi connectivity index (χ0n) is 8.82. The van der Waals surface area contributed by atoms with Gasteiger partial charge in [-0.15, -0.1) is 0 Å². The molecule has 0 radical (unpaired) electrons. The van der Waals surface area contributed by atoms with Crippen LogP contribution < -0.4 is 0 Å². The van der Waals surface area contributed by atoms with Crippen LogP contribution in [-0.2, 0) is 9.33 Å². The van der Waals surface area contributed by atoms with Crippen molar-refractivity contribution in [2.45, 2.75) is 0 Å². The molecule has 0 aliphatic carbocycles. The third-order valence-corrected chi connectivity index (χ3v) is 1.88. The summed E-state index contributed by atoms with van der Waals surface area (Å²) in [5, 5.41) is 0. The predicted octanol–water partition coefficient (Wildman–Crippen LogP) is 3.38. The van der Waals surface area contributed by atoms with Gasteiger partial charge in [0.25, 0.3) is 0 Å². The summed E-state index contributed by atoms with van der Waals surface area (Å²) in [6.07, 6.45) is 0. The first-order valence-corrected chi connectivity index (χ1v) is 7.01. The van der Waals surface area contributed by atoms with Crippen LogP contribution in [0, 0.1) is 0 Å². The largest absolute Gasteiger partial charge is 0.353 e. The fourth-order valence-electron chi connectivity index (χ4n) is 1.26. The maximum atomic E-state index is 8.95. The number of benzene rings is 2. The van der Waals surface area contributed by atoms with Gasteiger partial charge in [-0.1, -0.05) is 60.7 Å². The second-order valence-corrected chi connectivity index (χ2v) is 5.14. The molecule has 0 heterocycles. The Morgan fingerprint density at radius 1 is 0.765 bits per heavy atom. The average Bonchev–Trinajstić information content (AvgIpc) is 2.29. The Morgan fingerprint density at radius 3 is 1.24 bits per heavy atom. The van der Waals surface area contributed by atoms with Crippen molar-refractivity contribution < 1.29 is 13.0 Å². The van der Waals surface area contributed by atoms with Crippen molar-refractivity contribution in [3.8, 4) is 11.1 Å². The second-order valence-electron chi connectivity index (χ2n) is 3.14. The molecular weight excluding hydrogens is 260 g/mol. The first-order valence-electron chi connectivity index (χ1n) is 4.74. The van der Waals surface area contributed by atoms with E-state index < -0.39 is 9.33 Å². The van der Waals surface area contributed by atoms with Crippen molar-refractivity contribution in [3.63, 3.8) is 0 Å². The molecule has 0 amide bonds. The Morgan fingerprint density at radius 2 is 1.00 bits per heavy atom. The van der Waals surface area contributed by atoms with E-state index in [1.807, 2.05) is 12.1 Å². The van der Waals surface area contributed by atoms with E-state index in [0.717, 1.165) is 0 Å². The summed E-state index contributed by atoms with van der Waals surface area (Å²) < 4.78 is 25.2. The summed E-state index contributed by atoms with van der Waals surface area (Å²) in [7, 11) is -0.137. The maximum absolute atomic E-state index is 8.95. The molecule has 0 bridgehead atoms. The molecule has 0 atom stereocenters. The molecule has 2 aromatic rings. The molecule has 2 rings (SSSR count). The van der Waals surface area contributed by atoms with E-state index in [9.17, 15) is 0 Å². The number of hydrogen-bond donors (Lipinski definition) is 1. The summed E-state index contributed by atoms with van der Waals surface area (Å²) >= 11 is 0. The lowest BCUT2D eigenvalue weighted by Crippen LogP contribution is -1.77. The van der Waals surface area contributed by atoms with Crippen molar-refractivity contribution in [1.29, 1.82) is 0 Å². The SMILES string of the molecule is O=S(=O)(O)Cl.c1ccc(-c2ccccc2)cc1. The van der Waals surface area contributed by atoms with Gasteiger partial charge in [0.15, 0.2) is 0 Å². The van der Waals surface area contributed by atoms with E-state index >= 15 is 0 Å². The lowest BCUT2D eigenvalue weighted by molar-refractivity contribution is 0.501.